The van der Waals surface area contributed by atoms with Crippen LogP contribution < -0.4 is 0 Å². The van der Waals surface area contributed by atoms with E-state index in [1.54, 1.807) is 0 Å². The number of ether oxygens (including phenoxy) is 1. The summed E-state index contributed by atoms with van der Waals surface area (Å²) >= 11 is 0. The lowest BCUT2D eigenvalue weighted by molar-refractivity contribution is 0.191. The Balaban J connectivity index is 2.22. The van der Waals surface area contributed by atoms with Crippen molar-refractivity contribution in [3.05, 3.63) is 24.6 Å². The highest BCUT2D eigenvalue weighted by molar-refractivity contribution is 5.04. The van der Waals surface area contributed by atoms with Crippen molar-refractivity contribution in [2.75, 3.05) is 0 Å². The van der Waals surface area contributed by atoms with E-state index in [-0.39, 0.29) is 0 Å². The van der Waals surface area contributed by atoms with E-state index in [0.717, 1.165) is 17.9 Å². The molecule has 0 fully saturated rings. The molecule has 1 aromatic rings. The van der Waals surface area contributed by atoms with E-state index < -0.39 is 0 Å². The molecule has 0 saturated carbocycles. The van der Waals surface area contributed by atoms with E-state index in [4.69, 9.17) is 9.26 Å². The first-order valence-electron chi connectivity index (χ1n) is 5.18. The second-order valence-corrected chi connectivity index (χ2v) is 3.44. The van der Waals surface area contributed by atoms with E-state index in [0.29, 0.717) is 6.61 Å². The molecular weight excluding hydrogens is 178 g/mol. The lowest BCUT2D eigenvalue weighted by atomic mass is 10.1. The van der Waals surface area contributed by atoms with Crippen molar-refractivity contribution < 1.29 is 9.26 Å². The predicted molar refractivity (Wildman–Crippen MR) is 54.5 cm³/mol. The molecule has 14 heavy (non-hydrogen) atoms. The summed E-state index contributed by atoms with van der Waals surface area (Å²) in [5.41, 5.74) is 1.02. The van der Waals surface area contributed by atoms with Gasteiger partial charge in [-0.05, 0) is 12.8 Å². The van der Waals surface area contributed by atoms with Crippen molar-refractivity contribution in [1.29, 1.82) is 0 Å². The summed E-state index contributed by atoms with van der Waals surface area (Å²) < 4.78 is 9.75. The van der Waals surface area contributed by atoms with Gasteiger partial charge in [-0.15, -0.1) is 0 Å². The highest BCUT2D eigenvalue weighted by atomic mass is 16.5. The van der Waals surface area contributed by atoms with Crippen LogP contribution in [0.2, 0.25) is 0 Å². The molecule has 0 aliphatic heterocycles. The molecule has 0 aromatic carbocycles. The van der Waals surface area contributed by atoms with E-state index >= 15 is 0 Å². The largest absolute Gasteiger partial charge is 0.371 e. The molecule has 1 rings (SSSR count). The number of unbranched alkanes of at least 4 members (excludes halogenated alkanes) is 3. The van der Waals surface area contributed by atoms with Crippen molar-refractivity contribution in [3.8, 4) is 0 Å². The average Bonchev–Trinajstić information content (AvgIpc) is 2.61. The van der Waals surface area contributed by atoms with Gasteiger partial charge in [0.2, 0.25) is 0 Å². The Hall–Kier alpha value is -0.830. The Morgan fingerprint density at radius 1 is 1.43 bits per heavy atom. The van der Waals surface area contributed by atoms with Gasteiger partial charge in [0.1, 0.15) is 6.61 Å². The van der Waals surface area contributed by atoms with Gasteiger partial charge < -0.3 is 9.26 Å². The zero-order valence-corrected chi connectivity index (χ0v) is 8.79. The lowest BCUT2D eigenvalue weighted by Gasteiger charge is -1.94. The van der Waals surface area contributed by atoms with Crippen LogP contribution in [0.15, 0.2) is 10.6 Å². The molecule has 0 spiro atoms. The van der Waals surface area contributed by atoms with Crippen molar-refractivity contribution >= 4 is 0 Å². The standard InChI is InChI=1S/C11H18NO2/c1-3-4-5-6-7-10-8-11(9-13-2)14-12-10/h8H,2-7,9H2,1H3. The van der Waals surface area contributed by atoms with E-state index in [1.165, 1.54) is 25.7 Å². The quantitative estimate of drug-likeness (QED) is 0.628. The molecule has 0 unspecified atom stereocenters. The fourth-order valence-corrected chi connectivity index (χ4v) is 1.38. The second kappa shape index (κ2) is 6.60. The third-order valence-electron chi connectivity index (χ3n) is 2.14. The molecule has 0 amide bonds. The minimum atomic E-state index is 0.405. The molecule has 1 radical (unpaired) electrons. The normalized spacial score (nSPS) is 10.7. The van der Waals surface area contributed by atoms with E-state index in [1.807, 2.05) is 6.07 Å². The molecular formula is C11H18NO2. The molecule has 1 aromatic heterocycles. The zero-order valence-electron chi connectivity index (χ0n) is 8.79. The van der Waals surface area contributed by atoms with Crippen LogP contribution in [0.25, 0.3) is 0 Å². The van der Waals surface area contributed by atoms with Gasteiger partial charge in [0.25, 0.3) is 0 Å². The summed E-state index contributed by atoms with van der Waals surface area (Å²) in [6, 6.07) is 1.94. The summed E-state index contributed by atoms with van der Waals surface area (Å²) in [7, 11) is 3.29. The molecule has 3 nitrogen and oxygen atoms in total. The third kappa shape index (κ3) is 3.92. The summed E-state index contributed by atoms with van der Waals surface area (Å²) in [5.74, 6) is 0.755. The Bertz CT molecular complexity index is 245. The molecule has 0 bridgehead atoms. The summed E-state index contributed by atoms with van der Waals surface area (Å²) in [6.45, 7) is 2.61. The third-order valence-corrected chi connectivity index (χ3v) is 2.14. The molecule has 0 saturated heterocycles. The summed E-state index contributed by atoms with van der Waals surface area (Å²) in [6.07, 6.45) is 6.02. The van der Waals surface area contributed by atoms with Gasteiger partial charge >= 0.3 is 0 Å². The maximum atomic E-state index is 5.05. The van der Waals surface area contributed by atoms with Gasteiger partial charge in [0.15, 0.2) is 5.76 Å². The fraction of sp³-hybridized carbons (Fsp3) is 0.636. The van der Waals surface area contributed by atoms with Crippen LogP contribution in [0.4, 0.5) is 0 Å². The zero-order chi connectivity index (χ0) is 10.2. The van der Waals surface area contributed by atoms with E-state index in [2.05, 4.69) is 19.2 Å². The highest BCUT2D eigenvalue weighted by Crippen LogP contribution is 2.09. The minimum absolute atomic E-state index is 0.405. The lowest BCUT2D eigenvalue weighted by Crippen LogP contribution is -1.85. The van der Waals surface area contributed by atoms with E-state index in [9.17, 15) is 0 Å². The predicted octanol–water partition coefficient (Wildman–Crippen LogP) is 3.11. The van der Waals surface area contributed by atoms with Crippen LogP contribution >= 0.6 is 0 Å². The van der Waals surface area contributed by atoms with Gasteiger partial charge in [0, 0.05) is 6.07 Å². The van der Waals surface area contributed by atoms with Gasteiger partial charge in [-0.25, -0.2) is 0 Å². The van der Waals surface area contributed by atoms with Gasteiger partial charge in [0.05, 0.1) is 12.8 Å². The number of aryl methyl sites for hydroxylation is 1. The van der Waals surface area contributed by atoms with Crippen molar-refractivity contribution in [2.45, 2.75) is 45.6 Å². The molecule has 79 valence electrons. The molecule has 0 aliphatic rings. The Morgan fingerprint density at radius 2 is 2.29 bits per heavy atom. The number of aromatic nitrogens is 1. The van der Waals surface area contributed by atoms with Crippen LogP contribution in [0.5, 0.6) is 0 Å². The molecule has 0 N–H and O–H groups in total. The summed E-state index contributed by atoms with van der Waals surface area (Å²) in [5, 5.41) is 3.95. The second-order valence-electron chi connectivity index (χ2n) is 3.44. The maximum absolute atomic E-state index is 5.05. The van der Waals surface area contributed by atoms with Gasteiger partial charge in [-0.2, -0.15) is 0 Å². The van der Waals surface area contributed by atoms with Crippen LogP contribution in [-0.2, 0) is 17.8 Å². The Morgan fingerprint density at radius 3 is 3.00 bits per heavy atom. The van der Waals surface area contributed by atoms with Crippen LogP contribution in [0.1, 0.15) is 44.1 Å². The summed E-state index contributed by atoms with van der Waals surface area (Å²) in [4.78, 5) is 0. The monoisotopic (exact) mass is 196 g/mol. The molecule has 3 heteroatoms. The molecule has 0 atom stereocenters. The first-order chi connectivity index (χ1) is 6.86. The first-order valence-corrected chi connectivity index (χ1v) is 5.18. The Kier molecular flexibility index (Phi) is 5.30. The number of hydrogen-bond donors (Lipinski definition) is 0. The number of rotatable bonds is 7. The number of nitrogens with zero attached hydrogens (tertiary/aromatic N) is 1. The fourth-order valence-electron chi connectivity index (χ4n) is 1.38. The topological polar surface area (TPSA) is 35.3 Å². The molecule has 0 aliphatic carbocycles. The molecule has 1 heterocycles. The average molecular weight is 196 g/mol. The highest BCUT2D eigenvalue weighted by Gasteiger charge is 2.02. The van der Waals surface area contributed by atoms with Gasteiger partial charge in [-0.3, -0.25) is 0 Å². The first kappa shape index (κ1) is 11.2. The van der Waals surface area contributed by atoms with Crippen LogP contribution in [-0.4, -0.2) is 5.16 Å². The maximum Gasteiger partial charge on any atom is 0.162 e. The van der Waals surface area contributed by atoms with Crippen LogP contribution in [0, 0.1) is 7.11 Å². The van der Waals surface area contributed by atoms with Crippen molar-refractivity contribution in [2.24, 2.45) is 0 Å². The SMILES string of the molecule is [CH2]OCc1cc(CCCCCC)no1. The minimum Gasteiger partial charge on any atom is -0.371 e. The van der Waals surface area contributed by atoms with Crippen molar-refractivity contribution in [1.82, 2.24) is 5.16 Å². The smallest absolute Gasteiger partial charge is 0.162 e. The Labute approximate surface area is 85.4 Å². The van der Waals surface area contributed by atoms with Crippen LogP contribution in [0.3, 0.4) is 0 Å². The van der Waals surface area contributed by atoms with Gasteiger partial charge in [-0.1, -0.05) is 31.3 Å². The number of hydrogen-bond acceptors (Lipinski definition) is 3. The van der Waals surface area contributed by atoms with Crippen molar-refractivity contribution in [3.63, 3.8) is 0 Å².